The number of nitrogens with zero attached hydrogens (tertiary/aromatic N) is 2. The molecular formula is C13H18N4O3. The minimum absolute atomic E-state index is 0.200. The number of hydrogen-bond donors (Lipinski definition) is 2. The van der Waals surface area contributed by atoms with E-state index in [1.165, 1.54) is 6.26 Å². The molecule has 0 unspecified atom stereocenters. The van der Waals surface area contributed by atoms with Crippen LogP contribution in [-0.2, 0) is 14.3 Å². The van der Waals surface area contributed by atoms with Crippen molar-refractivity contribution in [1.82, 2.24) is 15.1 Å². The molecule has 1 amide bonds. The van der Waals surface area contributed by atoms with Crippen LogP contribution in [0.15, 0.2) is 24.4 Å². The molecule has 1 saturated heterocycles. The largest absolute Gasteiger partial charge is 0.494 e. The number of aromatic nitrogens is 2. The predicted octanol–water partition coefficient (Wildman–Crippen LogP) is 0.634. The van der Waals surface area contributed by atoms with E-state index in [1.54, 1.807) is 6.20 Å². The van der Waals surface area contributed by atoms with Crippen LogP contribution in [0.5, 0.6) is 0 Å². The summed E-state index contributed by atoms with van der Waals surface area (Å²) >= 11 is 0. The van der Waals surface area contributed by atoms with Crippen LogP contribution >= 0.6 is 0 Å². The van der Waals surface area contributed by atoms with Crippen LogP contribution in [0.2, 0.25) is 0 Å². The lowest BCUT2D eigenvalue weighted by molar-refractivity contribution is -0.117. The van der Waals surface area contributed by atoms with Crippen molar-refractivity contribution in [3.63, 3.8) is 0 Å². The van der Waals surface area contributed by atoms with Gasteiger partial charge in [-0.3, -0.25) is 9.48 Å². The molecule has 3 heterocycles. The molecule has 7 nitrogen and oxygen atoms in total. The van der Waals surface area contributed by atoms with Gasteiger partial charge in [0.15, 0.2) is 0 Å². The van der Waals surface area contributed by atoms with Gasteiger partial charge < -0.3 is 20.1 Å². The first-order valence-electron chi connectivity index (χ1n) is 6.84. The van der Waals surface area contributed by atoms with Crippen molar-refractivity contribution in [2.45, 2.75) is 18.9 Å². The van der Waals surface area contributed by atoms with E-state index in [1.807, 2.05) is 10.9 Å². The first kappa shape index (κ1) is 13.0. The summed E-state index contributed by atoms with van der Waals surface area (Å²) < 4.78 is 12.2. The summed E-state index contributed by atoms with van der Waals surface area (Å²) in [6, 6.07) is 0.399. The number of ether oxygens (including phenoxy) is 2. The number of piperidine rings is 1. The van der Waals surface area contributed by atoms with E-state index >= 15 is 0 Å². The third-order valence-electron chi connectivity index (χ3n) is 3.42. The summed E-state index contributed by atoms with van der Waals surface area (Å²) in [5.41, 5.74) is 0.670. The number of carbonyl (C=O) groups is 1. The Morgan fingerprint density at radius 3 is 3.00 bits per heavy atom. The Hall–Kier alpha value is -2.02. The topological polar surface area (TPSA) is 77.4 Å². The molecule has 1 aromatic rings. The van der Waals surface area contributed by atoms with E-state index in [9.17, 15) is 4.79 Å². The van der Waals surface area contributed by atoms with Crippen molar-refractivity contribution in [2.75, 3.05) is 31.6 Å². The second kappa shape index (κ2) is 5.96. The summed E-state index contributed by atoms with van der Waals surface area (Å²) in [6.07, 6.45) is 6.96. The predicted molar refractivity (Wildman–Crippen MR) is 72.0 cm³/mol. The maximum absolute atomic E-state index is 11.9. The van der Waals surface area contributed by atoms with Gasteiger partial charge in [-0.05, 0) is 25.9 Å². The standard InChI is InChI=1S/C13H18N4O3/c18-13(12-9-19-5-6-20-12)16-10-7-15-17(8-10)11-1-3-14-4-2-11/h7-9,11,14H,1-6H2,(H,16,18). The van der Waals surface area contributed by atoms with Crippen LogP contribution in [0, 0.1) is 0 Å². The fourth-order valence-corrected chi connectivity index (χ4v) is 2.35. The Kier molecular flexibility index (Phi) is 3.87. The van der Waals surface area contributed by atoms with E-state index < -0.39 is 0 Å². The van der Waals surface area contributed by atoms with Gasteiger partial charge in [-0.1, -0.05) is 0 Å². The highest BCUT2D eigenvalue weighted by molar-refractivity contribution is 6.01. The number of hydrogen-bond acceptors (Lipinski definition) is 5. The average molecular weight is 278 g/mol. The Balaban J connectivity index is 1.61. The van der Waals surface area contributed by atoms with Crippen LogP contribution in [0.3, 0.4) is 0 Å². The van der Waals surface area contributed by atoms with Crippen molar-refractivity contribution in [2.24, 2.45) is 0 Å². The van der Waals surface area contributed by atoms with Gasteiger partial charge in [0.25, 0.3) is 5.91 Å². The molecule has 0 radical (unpaired) electrons. The molecule has 2 aliphatic heterocycles. The van der Waals surface area contributed by atoms with Crippen LogP contribution in [0.25, 0.3) is 0 Å². The lowest BCUT2D eigenvalue weighted by Gasteiger charge is -2.22. The molecule has 0 saturated carbocycles. The van der Waals surface area contributed by atoms with Gasteiger partial charge >= 0.3 is 0 Å². The van der Waals surface area contributed by atoms with Gasteiger partial charge in [0.1, 0.15) is 19.5 Å². The van der Waals surface area contributed by atoms with Crippen LogP contribution in [0.1, 0.15) is 18.9 Å². The van der Waals surface area contributed by atoms with Gasteiger partial charge in [-0.15, -0.1) is 0 Å². The fraction of sp³-hybridized carbons (Fsp3) is 0.538. The summed E-state index contributed by atoms with van der Waals surface area (Å²) in [5, 5.41) is 10.4. The van der Waals surface area contributed by atoms with E-state index in [-0.39, 0.29) is 11.7 Å². The van der Waals surface area contributed by atoms with Crippen LogP contribution in [-0.4, -0.2) is 42.0 Å². The maximum atomic E-state index is 11.9. The fourth-order valence-electron chi connectivity index (χ4n) is 2.35. The minimum Gasteiger partial charge on any atom is -0.494 e. The van der Waals surface area contributed by atoms with Crippen molar-refractivity contribution in [3.8, 4) is 0 Å². The monoisotopic (exact) mass is 278 g/mol. The highest BCUT2D eigenvalue weighted by atomic mass is 16.6. The van der Waals surface area contributed by atoms with Gasteiger partial charge in [-0.25, -0.2) is 0 Å². The lowest BCUT2D eigenvalue weighted by atomic mass is 10.1. The molecule has 0 atom stereocenters. The minimum atomic E-state index is -0.311. The summed E-state index contributed by atoms with van der Waals surface area (Å²) in [6.45, 7) is 2.88. The third-order valence-corrected chi connectivity index (χ3v) is 3.42. The van der Waals surface area contributed by atoms with Gasteiger partial charge in [0.05, 0.1) is 17.9 Å². The van der Waals surface area contributed by atoms with E-state index in [0.717, 1.165) is 25.9 Å². The quantitative estimate of drug-likeness (QED) is 0.848. The Bertz CT molecular complexity index is 505. The molecule has 3 rings (SSSR count). The summed E-state index contributed by atoms with van der Waals surface area (Å²) in [4.78, 5) is 11.9. The number of rotatable bonds is 3. The van der Waals surface area contributed by atoms with Crippen molar-refractivity contribution >= 4 is 11.6 Å². The van der Waals surface area contributed by atoms with Crippen LogP contribution < -0.4 is 10.6 Å². The van der Waals surface area contributed by atoms with Crippen molar-refractivity contribution < 1.29 is 14.3 Å². The highest BCUT2D eigenvalue weighted by Gasteiger charge is 2.18. The van der Waals surface area contributed by atoms with Gasteiger partial charge in [0.2, 0.25) is 5.76 Å². The van der Waals surface area contributed by atoms with Gasteiger partial charge in [-0.2, -0.15) is 5.10 Å². The number of anilines is 1. The van der Waals surface area contributed by atoms with Crippen molar-refractivity contribution in [3.05, 3.63) is 24.4 Å². The Labute approximate surface area is 116 Å². The molecule has 0 bridgehead atoms. The first-order chi connectivity index (χ1) is 9.83. The smallest absolute Gasteiger partial charge is 0.294 e. The molecule has 2 aliphatic rings. The first-order valence-corrected chi connectivity index (χ1v) is 6.84. The second-order valence-electron chi connectivity index (χ2n) is 4.85. The average Bonchev–Trinajstić information content (AvgIpc) is 2.97. The highest BCUT2D eigenvalue weighted by Crippen LogP contribution is 2.20. The molecular weight excluding hydrogens is 260 g/mol. The lowest BCUT2D eigenvalue weighted by Crippen LogP contribution is -2.29. The number of carbonyl (C=O) groups excluding carboxylic acids is 1. The molecule has 20 heavy (non-hydrogen) atoms. The van der Waals surface area contributed by atoms with Gasteiger partial charge in [0, 0.05) is 6.20 Å². The molecule has 0 spiro atoms. The van der Waals surface area contributed by atoms with E-state index in [2.05, 4.69) is 15.7 Å². The molecule has 2 N–H and O–H groups in total. The summed E-state index contributed by atoms with van der Waals surface area (Å²) in [5.74, 6) is -0.111. The molecule has 108 valence electrons. The molecule has 0 aliphatic carbocycles. The summed E-state index contributed by atoms with van der Waals surface area (Å²) in [7, 11) is 0. The van der Waals surface area contributed by atoms with Crippen molar-refractivity contribution in [1.29, 1.82) is 0 Å². The number of nitrogens with one attached hydrogen (secondary N) is 2. The third kappa shape index (κ3) is 2.93. The zero-order valence-corrected chi connectivity index (χ0v) is 11.2. The molecule has 7 heteroatoms. The Morgan fingerprint density at radius 1 is 1.40 bits per heavy atom. The zero-order chi connectivity index (χ0) is 13.8. The zero-order valence-electron chi connectivity index (χ0n) is 11.2. The molecule has 0 aromatic carbocycles. The maximum Gasteiger partial charge on any atom is 0.294 e. The second-order valence-corrected chi connectivity index (χ2v) is 4.85. The molecule has 1 fully saturated rings. The van der Waals surface area contributed by atoms with Crippen LogP contribution in [0.4, 0.5) is 5.69 Å². The van der Waals surface area contributed by atoms with E-state index in [0.29, 0.717) is 24.9 Å². The Morgan fingerprint density at radius 2 is 2.25 bits per heavy atom. The number of amides is 1. The normalized spacial score (nSPS) is 19.7. The van der Waals surface area contributed by atoms with E-state index in [4.69, 9.17) is 9.47 Å². The molecule has 1 aromatic heterocycles. The SMILES string of the molecule is O=C(Nc1cnn(C2CCNCC2)c1)C1=COCCO1.